The molecule has 168 valence electrons. The van der Waals surface area contributed by atoms with Crippen LogP contribution in [0.2, 0.25) is 0 Å². The summed E-state index contributed by atoms with van der Waals surface area (Å²) in [7, 11) is -2.08. The largest absolute Gasteiger partial charge is 0.496 e. The maximum atomic E-state index is 13.0. The first-order chi connectivity index (χ1) is 14.8. The first-order valence-corrected chi connectivity index (χ1v) is 11.9. The minimum Gasteiger partial charge on any atom is -0.496 e. The van der Waals surface area contributed by atoms with Crippen LogP contribution < -0.4 is 10.1 Å². The molecule has 1 aliphatic heterocycles. The summed E-state index contributed by atoms with van der Waals surface area (Å²) in [6.07, 6.45) is 0.579. The molecule has 2 aromatic rings. The minimum absolute atomic E-state index is 0.128. The van der Waals surface area contributed by atoms with E-state index in [-0.39, 0.29) is 17.2 Å². The molecule has 31 heavy (non-hydrogen) atoms. The highest BCUT2D eigenvalue weighted by Gasteiger charge is 2.27. The Morgan fingerprint density at radius 1 is 1.16 bits per heavy atom. The quantitative estimate of drug-likeness (QED) is 0.672. The van der Waals surface area contributed by atoms with Gasteiger partial charge in [-0.05, 0) is 47.7 Å². The van der Waals surface area contributed by atoms with E-state index in [1.807, 2.05) is 24.3 Å². The second kappa shape index (κ2) is 10.3. The van der Waals surface area contributed by atoms with Gasteiger partial charge in [-0.25, -0.2) is 8.42 Å². The van der Waals surface area contributed by atoms with E-state index in [1.165, 1.54) is 11.4 Å². The highest BCUT2D eigenvalue weighted by atomic mass is 32.2. The SMILES string of the molecule is COc1ccc(S(=O)(=O)N2CCOCC2)cc1CCC(=O)Nc1ccccc1C(C)C. The first-order valence-electron chi connectivity index (χ1n) is 10.5. The number of amides is 1. The molecule has 0 spiro atoms. The lowest BCUT2D eigenvalue weighted by molar-refractivity contribution is -0.116. The maximum absolute atomic E-state index is 13.0. The summed E-state index contributed by atoms with van der Waals surface area (Å²) in [6, 6.07) is 12.5. The number of hydrogen-bond acceptors (Lipinski definition) is 5. The van der Waals surface area contributed by atoms with E-state index in [0.29, 0.717) is 50.0 Å². The molecule has 7 nitrogen and oxygen atoms in total. The Bertz CT molecular complexity index is 1010. The van der Waals surface area contributed by atoms with Crippen LogP contribution in [0.4, 0.5) is 5.69 Å². The van der Waals surface area contributed by atoms with E-state index in [9.17, 15) is 13.2 Å². The van der Waals surface area contributed by atoms with Crippen LogP contribution in [0.3, 0.4) is 0 Å². The molecule has 2 aromatic carbocycles. The third-order valence-electron chi connectivity index (χ3n) is 5.34. The van der Waals surface area contributed by atoms with Crippen molar-refractivity contribution in [2.75, 3.05) is 38.7 Å². The fourth-order valence-electron chi connectivity index (χ4n) is 3.62. The summed E-state index contributed by atoms with van der Waals surface area (Å²) in [6.45, 7) is 5.61. The summed E-state index contributed by atoms with van der Waals surface area (Å²) in [5.74, 6) is 0.728. The molecule has 0 atom stereocenters. The number of ether oxygens (including phenoxy) is 2. The number of para-hydroxylation sites is 1. The molecule has 1 N–H and O–H groups in total. The highest BCUT2D eigenvalue weighted by molar-refractivity contribution is 7.89. The van der Waals surface area contributed by atoms with E-state index >= 15 is 0 Å². The number of anilines is 1. The van der Waals surface area contributed by atoms with E-state index in [4.69, 9.17) is 9.47 Å². The molecule has 0 saturated carbocycles. The van der Waals surface area contributed by atoms with Gasteiger partial charge in [0.15, 0.2) is 0 Å². The standard InChI is InChI=1S/C23H30N2O5S/c1-17(2)20-6-4-5-7-21(20)24-23(26)11-8-18-16-19(9-10-22(18)29-3)31(27,28)25-12-14-30-15-13-25/h4-7,9-10,16-17H,8,11-15H2,1-3H3,(H,24,26). The summed E-state index contributed by atoms with van der Waals surface area (Å²) in [5.41, 5.74) is 2.56. The molecule has 8 heteroatoms. The second-order valence-corrected chi connectivity index (χ2v) is 9.72. The summed E-state index contributed by atoms with van der Waals surface area (Å²) >= 11 is 0. The number of nitrogens with one attached hydrogen (secondary N) is 1. The number of sulfonamides is 1. The Kier molecular flexibility index (Phi) is 7.69. The highest BCUT2D eigenvalue weighted by Crippen LogP contribution is 2.27. The second-order valence-electron chi connectivity index (χ2n) is 7.78. The van der Waals surface area contributed by atoms with Gasteiger partial charge in [0.2, 0.25) is 15.9 Å². The van der Waals surface area contributed by atoms with Crippen LogP contribution in [-0.2, 0) is 26.0 Å². The van der Waals surface area contributed by atoms with Crippen molar-refractivity contribution in [1.82, 2.24) is 4.31 Å². The van der Waals surface area contributed by atoms with Gasteiger partial charge in [0.1, 0.15) is 5.75 Å². The smallest absolute Gasteiger partial charge is 0.243 e. The van der Waals surface area contributed by atoms with Gasteiger partial charge in [0.05, 0.1) is 25.2 Å². The molecule has 0 aliphatic carbocycles. The van der Waals surface area contributed by atoms with Gasteiger partial charge in [-0.1, -0.05) is 32.0 Å². The minimum atomic E-state index is -3.61. The Morgan fingerprint density at radius 2 is 1.87 bits per heavy atom. The predicted octanol–water partition coefficient (Wildman–Crippen LogP) is 3.41. The summed E-state index contributed by atoms with van der Waals surface area (Å²) in [4.78, 5) is 12.8. The number of aryl methyl sites for hydroxylation is 1. The van der Waals surface area contributed by atoms with E-state index in [2.05, 4.69) is 19.2 Å². The number of methoxy groups -OCH3 is 1. The van der Waals surface area contributed by atoms with Crippen LogP contribution in [0.1, 0.15) is 37.3 Å². The molecule has 1 heterocycles. The first kappa shape index (κ1) is 23.2. The summed E-state index contributed by atoms with van der Waals surface area (Å²) < 4.78 is 38.0. The van der Waals surface area contributed by atoms with Gasteiger partial charge in [-0.15, -0.1) is 0 Å². The lowest BCUT2D eigenvalue weighted by Gasteiger charge is -2.26. The molecule has 0 bridgehead atoms. The molecule has 1 aliphatic rings. The molecule has 0 unspecified atom stereocenters. The number of carbonyl (C=O) groups is 1. The van der Waals surface area contributed by atoms with E-state index in [0.717, 1.165) is 11.3 Å². The van der Waals surface area contributed by atoms with Crippen molar-refractivity contribution in [3.63, 3.8) is 0 Å². The molecule has 0 aromatic heterocycles. The zero-order valence-corrected chi connectivity index (χ0v) is 19.1. The maximum Gasteiger partial charge on any atom is 0.243 e. The van der Waals surface area contributed by atoms with Gasteiger partial charge >= 0.3 is 0 Å². The Labute approximate surface area is 184 Å². The average molecular weight is 447 g/mol. The van der Waals surface area contributed by atoms with Gasteiger partial charge in [-0.2, -0.15) is 4.31 Å². The Balaban J connectivity index is 1.74. The van der Waals surface area contributed by atoms with Crippen LogP contribution in [0.5, 0.6) is 5.75 Å². The Hall–Kier alpha value is -2.42. The van der Waals surface area contributed by atoms with Crippen molar-refractivity contribution < 1.29 is 22.7 Å². The predicted molar refractivity (Wildman–Crippen MR) is 120 cm³/mol. The number of benzene rings is 2. The zero-order valence-electron chi connectivity index (χ0n) is 18.3. The number of rotatable bonds is 8. The number of morpholine rings is 1. The average Bonchev–Trinajstić information content (AvgIpc) is 2.78. The van der Waals surface area contributed by atoms with Gasteiger partial charge in [0, 0.05) is 25.2 Å². The van der Waals surface area contributed by atoms with Crippen LogP contribution in [-0.4, -0.2) is 52.0 Å². The van der Waals surface area contributed by atoms with E-state index < -0.39 is 10.0 Å². The fourth-order valence-corrected chi connectivity index (χ4v) is 5.08. The van der Waals surface area contributed by atoms with Gasteiger partial charge in [0.25, 0.3) is 0 Å². The van der Waals surface area contributed by atoms with Gasteiger partial charge < -0.3 is 14.8 Å². The molecule has 1 amide bonds. The zero-order chi connectivity index (χ0) is 22.4. The fraction of sp³-hybridized carbons (Fsp3) is 0.435. The van der Waals surface area contributed by atoms with E-state index in [1.54, 1.807) is 18.2 Å². The van der Waals surface area contributed by atoms with Crippen molar-refractivity contribution in [2.45, 2.75) is 37.5 Å². The number of carbonyl (C=O) groups excluding carboxylic acids is 1. The van der Waals surface area contributed by atoms with Crippen molar-refractivity contribution in [3.8, 4) is 5.75 Å². The topological polar surface area (TPSA) is 84.9 Å². The molecule has 1 saturated heterocycles. The normalized spacial score (nSPS) is 15.1. The third kappa shape index (κ3) is 5.64. The van der Waals surface area contributed by atoms with Crippen LogP contribution >= 0.6 is 0 Å². The lowest BCUT2D eigenvalue weighted by atomic mass is 10.0. The monoisotopic (exact) mass is 446 g/mol. The van der Waals surface area contributed by atoms with Crippen molar-refractivity contribution >= 4 is 21.6 Å². The molecular weight excluding hydrogens is 416 g/mol. The van der Waals surface area contributed by atoms with Crippen molar-refractivity contribution in [2.24, 2.45) is 0 Å². The van der Waals surface area contributed by atoms with Crippen LogP contribution in [0.15, 0.2) is 47.4 Å². The molecule has 0 radical (unpaired) electrons. The van der Waals surface area contributed by atoms with Gasteiger partial charge in [-0.3, -0.25) is 4.79 Å². The van der Waals surface area contributed by atoms with Crippen LogP contribution in [0.25, 0.3) is 0 Å². The molecular formula is C23H30N2O5S. The summed E-state index contributed by atoms with van der Waals surface area (Å²) in [5, 5.41) is 2.98. The Morgan fingerprint density at radius 3 is 2.55 bits per heavy atom. The molecule has 1 fully saturated rings. The lowest BCUT2D eigenvalue weighted by Crippen LogP contribution is -2.40. The third-order valence-corrected chi connectivity index (χ3v) is 7.23. The van der Waals surface area contributed by atoms with Crippen LogP contribution in [0, 0.1) is 0 Å². The number of hydrogen-bond donors (Lipinski definition) is 1. The molecule has 3 rings (SSSR count). The van der Waals surface area contributed by atoms with Crippen molar-refractivity contribution in [3.05, 3.63) is 53.6 Å². The van der Waals surface area contributed by atoms with Crippen molar-refractivity contribution in [1.29, 1.82) is 0 Å². The number of nitrogens with zero attached hydrogens (tertiary/aromatic N) is 1.